The molecule has 0 bridgehead atoms. The van der Waals surface area contributed by atoms with Gasteiger partial charge in [-0.3, -0.25) is 0 Å². The summed E-state index contributed by atoms with van der Waals surface area (Å²) >= 11 is 8.92. The zero-order valence-electron chi connectivity index (χ0n) is 7.70. The molecule has 1 aromatic heterocycles. The van der Waals surface area contributed by atoms with Gasteiger partial charge in [0.25, 0.3) is 0 Å². The van der Waals surface area contributed by atoms with Gasteiger partial charge in [0.1, 0.15) is 9.84 Å². The fourth-order valence-corrected chi connectivity index (χ4v) is 4.31. The van der Waals surface area contributed by atoms with Crippen molar-refractivity contribution in [2.45, 2.75) is 5.75 Å². The molecule has 1 rings (SSSR count). The number of hydrogen-bond acceptors (Lipinski definition) is 4. The molecule has 0 unspecified atom stereocenters. The standard InChI is InChI=1S/C8H11ClO2S3/c1-14(10,11)5-4-12-6-7-2-3-8(9)13-7/h2-3H,4-6H2,1H3. The highest BCUT2D eigenvalue weighted by Crippen LogP contribution is 2.25. The minimum absolute atomic E-state index is 0.247. The molecule has 0 radical (unpaired) electrons. The molecule has 0 aliphatic carbocycles. The highest BCUT2D eigenvalue weighted by molar-refractivity contribution is 8.00. The van der Waals surface area contributed by atoms with Gasteiger partial charge in [-0.2, -0.15) is 11.8 Å². The molecule has 1 aromatic rings. The third-order valence-electron chi connectivity index (χ3n) is 1.47. The predicted octanol–water partition coefficient (Wildman–Crippen LogP) is 2.68. The van der Waals surface area contributed by atoms with Crippen LogP contribution in [0.5, 0.6) is 0 Å². The molecule has 0 fully saturated rings. The van der Waals surface area contributed by atoms with Gasteiger partial charge >= 0.3 is 0 Å². The van der Waals surface area contributed by atoms with Crippen molar-refractivity contribution in [3.8, 4) is 0 Å². The van der Waals surface area contributed by atoms with Gasteiger partial charge in [-0.1, -0.05) is 11.6 Å². The summed E-state index contributed by atoms with van der Waals surface area (Å²) in [6.45, 7) is 0. The second kappa shape index (κ2) is 5.39. The van der Waals surface area contributed by atoms with Gasteiger partial charge in [0, 0.05) is 22.6 Å². The molecule has 2 nitrogen and oxygen atoms in total. The molecule has 0 atom stereocenters. The van der Waals surface area contributed by atoms with Crippen LogP contribution in [0.1, 0.15) is 4.88 Å². The molecule has 0 saturated carbocycles. The van der Waals surface area contributed by atoms with E-state index in [1.165, 1.54) is 11.1 Å². The maximum absolute atomic E-state index is 10.8. The van der Waals surface area contributed by atoms with Crippen LogP contribution in [0.25, 0.3) is 0 Å². The van der Waals surface area contributed by atoms with Crippen molar-refractivity contribution in [1.29, 1.82) is 0 Å². The van der Waals surface area contributed by atoms with Gasteiger partial charge in [-0.05, 0) is 12.1 Å². The number of sulfone groups is 1. The quantitative estimate of drug-likeness (QED) is 0.772. The molecule has 80 valence electrons. The van der Waals surface area contributed by atoms with Crippen LogP contribution in [0, 0.1) is 0 Å². The molecule has 0 aliphatic rings. The summed E-state index contributed by atoms with van der Waals surface area (Å²) < 4.78 is 22.4. The summed E-state index contributed by atoms with van der Waals surface area (Å²) in [5.74, 6) is 1.73. The van der Waals surface area contributed by atoms with Gasteiger partial charge < -0.3 is 0 Å². The zero-order chi connectivity index (χ0) is 10.6. The molecule has 0 amide bonds. The molecular formula is C8H11ClO2S3. The fourth-order valence-electron chi connectivity index (χ4n) is 0.812. The molecule has 0 aromatic carbocycles. The van der Waals surface area contributed by atoms with E-state index >= 15 is 0 Å². The number of rotatable bonds is 5. The lowest BCUT2D eigenvalue weighted by atomic mass is 10.5. The normalized spacial score (nSPS) is 11.9. The van der Waals surface area contributed by atoms with E-state index in [9.17, 15) is 8.42 Å². The second-order valence-corrected chi connectivity index (χ2v) is 8.05. The summed E-state index contributed by atoms with van der Waals surface area (Å²) in [5.41, 5.74) is 0. The van der Waals surface area contributed by atoms with Crippen LogP contribution in [0.3, 0.4) is 0 Å². The molecular weight excluding hydrogens is 260 g/mol. The summed E-state index contributed by atoms with van der Waals surface area (Å²) in [7, 11) is -2.82. The summed E-state index contributed by atoms with van der Waals surface area (Å²) in [6, 6.07) is 3.83. The minimum atomic E-state index is -2.82. The third-order valence-corrected chi connectivity index (χ3v) is 5.10. The molecule has 0 N–H and O–H groups in total. The van der Waals surface area contributed by atoms with Crippen LogP contribution in [-0.2, 0) is 15.6 Å². The van der Waals surface area contributed by atoms with Gasteiger partial charge in [0.2, 0.25) is 0 Å². The van der Waals surface area contributed by atoms with E-state index < -0.39 is 9.84 Å². The monoisotopic (exact) mass is 270 g/mol. The first-order valence-corrected chi connectivity index (χ1v) is 8.38. The van der Waals surface area contributed by atoms with Crippen molar-refractivity contribution >= 4 is 44.5 Å². The van der Waals surface area contributed by atoms with Crippen molar-refractivity contribution in [2.75, 3.05) is 17.8 Å². The van der Waals surface area contributed by atoms with Gasteiger partial charge in [0.05, 0.1) is 10.1 Å². The third kappa shape index (κ3) is 5.24. The molecule has 1 heterocycles. The van der Waals surface area contributed by atoms with Crippen molar-refractivity contribution in [1.82, 2.24) is 0 Å². The SMILES string of the molecule is CS(=O)(=O)CCSCc1ccc(Cl)s1. The summed E-state index contributed by atoms with van der Waals surface area (Å²) in [4.78, 5) is 1.19. The summed E-state index contributed by atoms with van der Waals surface area (Å²) in [6.07, 6.45) is 1.26. The first-order valence-electron chi connectivity index (χ1n) is 3.97. The Morgan fingerprint density at radius 2 is 2.21 bits per heavy atom. The van der Waals surface area contributed by atoms with Gasteiger partial charge in [-0.25, -0.2) is 8.42 Å². The molecule has 0 aliphatic heterocycles. The zero-order valence-corrected chi connectivity index (χ0v) is 10.9. The van der Waals surface area contributed by atoms with E-state index in [1.807, 2.05) is 12.1 Å². The smallest absolute Gasteiger partial charge is 0.148 e. The number of hydrogen-bond donors (Lipinski definition) is 0. The second-order valence-electron chi connectivity index (χ2n) is 2.89. The Hall–Kier alpha value is 0.290. The van der Waals surface area contributed by atoms with E-state index in [1.54, 1.807) is 23.1 Å². The number of thiophene rings is 1. The van der Waals surface area contributed by atoms with Gasteiger partial charge in [-0.15, -0.1) is 11.3 Å². The lowest BCUT2D eigenvalue weighted by Gasteiger charge is -1.97. The van der Waals surface area contributed by atoms with Gasteiger partial charge in [0.15, 0.2) is 0 Å². The van der Waals surface area contributed by atoms with E-state index in [0.29, 0.717) is 5.75 Å². The van der Waals surface area contributed by atoms with Crippen LogP contribution >= 0.6 is 34.7 Å². The lowest BCUT2D eigenvalue weighted by Crippen LogP contribution is -2.04. The Morgan fingerprint density at radius 1 is 1.50 bits per heavy atom. The van der Waals surface area contributed by atoms with Crippen molar-refractivity contribution < 1.29 is 8.42 Å². The largest absolute Gasteiger partial charge is 0.229 e. The van der Waals surface area contributed by atoms with Crippen LogP contribution in [0.15, 0.2) is 12.1 Å². The topological polar surface area (TPSA) is 34.1 Å². The fraction of sp³-hybridized carbons (Fsp3) is 0.500. The number of halogens is 1. The highest BCUT2D eigenvalue weighted by Gasteiger charge is 2.02. The molecule has 6 heteroatoms. The minimum Gasteiger partial charge on any atom is -0.229 e. The van der Waals surface area contributed by atoms with E-state index in [2.05, 4.69) is 0 Å². The van der Waals surface area contributed by atoms with Crippen molar-refractivity contribution in [2.24, 2.45) is 0 Å². The van der Waals surface area contributed by atoms with Crippen LogP contribution in [-0.4, -0.2) is 26.2 Å². The van der Waals surface area contributed by atoms with Crippen LogP contribution in [0.2, 0.25) is 4.34 Å². The lowest BCUT2D eigenvalue weighted by molar-refractivity contribution is 0.603. The van der Waals surface area contributed by atoms with E-state index in [4.69, 9.17) is 11.6 Å². The first-order chi connectivity index (χ1) is 6.47. The average molecular weight is 271 g/mol. The number of thioether (sulfide) groups is 1. The maximum atomic E-state index is 10.8. The Labute approximate surface area is 97.6 Å². The Bertz CT molecular complexity index is 383. The first kappa shape index (κ1) is 12.4. The Morgan fingerprint density at radius 3 is 2.71 bits per heavy atom. The maximum Gasteiger partial charge on any atom is 0.148 e. The van der Waals surface area contributed by atoms with E-state index in [0.717, 1.165) is 10.1 Å². The highest BCUT2D eigenvalue weighted by atomic mass is 35.5. The van der Waals surface area contributed by atoms with Crippen LogP contribution < -0.4 is 0 Å². The van der Waals surface area contributed by atoms with Crippen molar-refractivity contribution in [3.05, 3.63) is 21.3 Å². The van der Waals surface area contributed by atoms with E-state index in [-0.39, 0.29) is 5.75 Å². The predicted molar refractivity (Wildman–Crippen MR) is 65.2 cm³/mol. The Kier molecular flexibility index (Phi) is 4.76. The average Bonchev–Trinajstić information content (AvgIpc) is 2.44. The van der Waals surface area contributed by atoms with Crippen molar-refractivity contribution in [3.63, 3.8) is 0 Å². The molecule has 0 saturated heterocycles. The summed E-state index contributed by atoms with van der Waals surface area (Å²) in [5, 5.41) is 0. The Balaban J connectivity index is 2.23. The molecule has 0 spiro atoms. The molecule has 14 heavy (non-hydrogen) atoms. The van der Waals surface area contributed by atoms with Crippen LogP contribution in [0.4, 0.5) is 0 Å².